The van der Waals surface area contributed by atoms with Crippen molar-refractivity contribution in [3.05, 3.63) is 49.1 Å². The summed E-state index contributed by atoms with van der Waals surface area (Å²) in [6.45, 7) is 0.643. The Morgan fingerprint density at radius 2 is 1.63 bits per heavy atom. The fraction of sp³-hybridized carbons (Fsp3) is 0.143. The van der Waals surface area contributed by atoms with Crippen molar-refractivity contribution in [1.82, 2.24) is 0 Å². The molecule has 5 heteroatoms. The maximum absolute atomic E-state index is 9.26. The highest BCUT2D eigenvalue weighted by Crippen LogP contribution is 2.33. The van der Waals surface area contributed by atoms with E-state index in [9.17, 15) is 5.11 Å². The van der Waals surface area contributed by atoms with Gasteiger partial charge in [0.25, 0.3) is 0 Å². The van der Waals surface area contributed by atoms with E-state index >= 15 is 0 Å². The summed E-state index contributed by atoms with van der Waals surface area (Å²) in [6.07, 6.45) is 0.867. The number of benzene rings is 2. The van der Waals surface area contributed by atoms with E-state index in [1.807, 2.05) is 0 Å². The minimum Gasteiger partial charge on any atom is -0.508 e. The molecule has 2 rings (SSSR count). The van der Waals surface area contributed by atoms with Gasteiger partial charge in [-0.3, -0.25) is 0 Å². The average Bonchev–Trinajstić information content (AvgIpc) is 2.36. The van der Waals surface area contributed by atoms with Crippen molar-refractivity contribution >= 4 is 45.2 Å². The molecule has 0 unspecified atom stereocenters. The maximum Gasteiger partial charge on any atom is 0.154 e. The van der Waals surface area contributed by atoms with Crippen molar-refractivity contribution in [2.24, 2.45) is 5.73 Å². The van der Waals surface area contributed by atoms with Crippen molar-refractivity contribution in [2.45, 2.75) is 6.42 Å². The molecule has 0 aliphatic carbocycles. The van der Waals surface area contributed by atoms with Gasteiger partial charge in [-0.1, -0.05) is 0 Å². The van der Waals surface area contributed by atoms with Gasteiger partial charge < -0.3 is 15.6 Å². The van der Waals surface area contributed by atoms with Crippen LogP contribution in [-0.4, -0.2) is 11.7 Å². The number of nitrogens with two attached hydrogens (primary N) is 1. The minimum absolute atomic E-state index is 0.232. The number of phenolic OH excluding ortho intramolecular Hbond substituents is 1. The van der Waals surface area contributed by atoms with Crippen LogP contribution in [0.1, 0.15) is 5.56 Å². The van der Waals surface area contributed by atoms with Crippen molar-refractivity contribution in [3.8, 4) is 17.2 Å². The van der Waals surface area contributed by atoms with Crippen LogP contribution in [-0.2, 0) is 6.42 Å². The largest absolute Gasteiger partial charge is 0.508 e. The number of hydrogen-bond donors (Lipinski definition) is 2. The summed E-state index contributed by atoms with van der Waals surface area (Å²) < 4.78 is 7.98. The molecule has 0 aromatic heterocycles. The first-order valence-electron chi connectivity index (χ1n) is 5.75. The van der Waals surface area contributed by atoms with Crippen molar-refractivity contribution in [2.75, 3.05) is 6.54 Å². The molecular formula is C14H13I2NO2. The number of hydrogen-bond acceptors (Lipinski definition) is 3. The Labute approximate surface area is 139 Å². The molecule has 0 fully saturated rings. The Morgan fingerprint density at radius 1 is 1.05 bits per heavy atom. The van der Waals surface area contributed by atoms with E-state index in [2.05, 4.69) is 57.3 Å². The fourth-order valence-electron chi connectivity index (χ4n) is 1.65. The number of halogens is 2. The fourth-order valence-corrected chi connectivity index (χ4v) is 3.77. The standard InChI is InChI=1S/C14H13I2NO2/c15-12-7-9(5-6-17)8-13(16)14(12)19-11-3-1-10(18)2-4-11/h1-4,7-8,18H,5-6,17H2. The van der Waals surface area contributed by atoms with Gasteiger partial charge in [-0.05, 0) is 100 Å². The lowest BCUT2D eigenvalue weighted by molar-refractivity contribution is 0.461. The Hall–Kier alpha value is -0.540. The number of phenols is 1. The molecule has 3 N–H and O–H groups in total. The van der Waals surface area contributed by atoms with E-state index in [-0.39, 0.29) is 5.75 Å². The first-order chi connectivity index (χ1) is 9.10. The average molecular weight is 481 g/mol. The van der Waals surface area contributed by atoms with Gasteiger partial charge in [-0.15, -0.1) is 0 Å². The molecule has 0 bridgehead atoms. The van der Waals surface area contributed by atoms with Gasteiger partial charge in [0.2, 0.25) is 0 Å². The summed E-state index contributed by atoms with van der Waals surface area (Å²) in [5, 5.41) is 9.26. The lowest BCUT2D eigenvalue weighted by Gasteiger charge is -2.12. The molecule has 100 valence electrons. The molecule has 0 amide bonds. The SMILES string of the molecule is NCCc1cc(I)c(Oc2ccc(O)cc2)c(I)c1. The second-order valence-corrected chi connectivity index (χ2v) is 6.35. The summed E-state index contributed by atoms with van der Waals surface area (Å²) in [4.78, 5) is 0. The zero-order valence-corrected chi connectivity index (χ0v) is 14.4. The molecule has 0 aliphatic rings. The second-order valence-electron chi connectivity index (χ2n) is 4.02. The van der Waals surface area contributed by atoms with Crippen LogP contribution in [0.15, 0.2) is 36.4 Å². The van der Waals surface area contributed by atoms with Gasteiger partial charge in [0, 0.05) is 0 Å². The van der Waals surface area contributed by atoms with Crippen molar-refractivity contribution < 1.29 is 9.84 Å². The highest BCUT2D eigenvalue weighted by Gasteiger charge is 2.10. The van der Waals surface area contributed by atoms with E-state index in [0.29, 0.717) is 12.3 Å². The molecule has 0 heterocycles. The molecule has 0 spiro atoms. The smallest absolute Gasteiger partial charge is 0.154 e. The Bertz CT molecular complexity index is 547. The van der Waals surface area contributed by atoms with E-state index in [1.165, 1.54) is 5.56 Å². The predicted octanol–water partition coefficient (Wildman–Crippen LogP) is 3.89. The first-order valence-corrected chi connectivity index (χ1v) is 7.91. The molecule has 0 radical (unpaired) electrons. The third kappa shape index (κ3) is 3.96. The Balaban J connectivity index is 2.27. The van der Waals surface area contributed by atoms with Crippen molar-refractivity contribution in [3.63, 3.8) is 0 Å². The highest BCUT2D eigenvalue weighted by molar-refractivity contribution is 14.1. The van der Waals surface area contributed by atoms with Crippen LogP contribution in [0.5, 0.6) is 17.2 Å². The van der Waals surface area contributed by atoms with E-state index in [0.717, 1.165) is 19.3 Å². The topological polar surface area (TPSA) is 55.5 Å². The molecular weight excluding hydrogens is 468 g/mol. The van der Waals surface area contributed by atoms with Crippen LogP contribution in [0.4, 0.5) is 0 Å². The predicted molar refractivity (Wildman–Crippen MR) is 92.8 cm³/mol. The van der Waals surface area contributed by atoms with Gasteiger partial charge >= 0.3 is 0 Å². The van der Waals surface area contributed by atoms with E-state index in [1.54, 1.807) is 24.3 Å². The molecule has 0 saturated carbocycles. The summed E-state index contributed by atoms with van der Waals surface area (Å²) >= 11 is 4.53. The number of rotatable bonds is 4. The molecule has 0 atom stereocenters. The zero-order valence-electron chi connectivity index (χ0n) is 10.1. The summed E-state index contributed by atoms with van der Waals surface area (Å²) in [5.74, 6) is 1.78. The van der Waals surface area contributed by atoms with Crippen molar-refractivity contribution in [1.29, 1.82) is 0 Å². The van der Waals surface area contributed by atoms with Gasteiger partial charge in [0.15, 0.2) is 5.75 Å². The second kappa shape index (κ2) is 6.76. The van der Waals surface area contributed by atoms with E-state index in [4.69, 9.17) is 10.5 Å². The lowest BCUT2D eigenvalue weighted by Crippen LogP contribution is -2.03. The first kappa shape index (κ1) is 14.9. The minimum atomic E-state index is 0.232. The molecule has 2 aromatic carbocycles. The lowest BCUT2D eigenvalue weighted by atomic mass is 10.1. The zero-order chi connectivity index (χ0) is 13.8. The van der Waals surface area contributed by atoms with Gasteiger partial charge in [-0.2, -0.15) is 0 Å². The molecule has 19 heavy (non-hydrogen) atoms. The summed E-state index contributed by atoms with van der Waals surface area (Å²) in [6, 6.07) is 10.9. The number of aromatic hydroxyl groups is 1. The van der Waals surface area contributed by atoms with Gasteiger partial charge in [-0.25, -0.2) is 0 Å². The van der Waals surface area contributed by atoms with Crippen LogP contribution in [0.25, 0.3) is 0 Å². The van der Waals surface area contributed by atoms with Crippen LogP contribution in [0.2, 0.25) is 0 Å². The molecule has 0 aliphatic heterocycles. The number of ether oxygens (including phenoxy) is 1. The maximum atomic E-state index is 9.26. The summed E-state index contributed by atoms with van der Waals surface area (Å²) in [5.41, 5.74) is 6.79. The highest BCUT2D eigenvalue weighted by atomic mass is 127. The third-order valence-corrected chi connectivity index (χ3v) is 4.15. The monoisotopic (exact) mass is 481 g/mol. The van der Waals surface area contributed by atoms with Crippen LogP contribution < -0.4 is 10.5 Å². The van der Waals surface area contributed by atoms with Crippen LogP contribution in [0.3, 0.4) is 0 Å². The van der Waals surface area contributed by atoms with Gasteiger partial charge in [0.1, 0.15) is 11.5 Å². The van der Waals surface area contributed by atoms with E-state index < -0.39 is 0 Å². The molecule has 2 aromatic rings. The Morgan fingerprint density at radius 3 is 2.16 bits per heavy atom. The van der Waals surface area contributed by atoms with Gasteiger partial charge in [0.05, 0.1) is 7.14 Å². The normalized spacial score (nSPS) is 10.5. The molecule has 3 nitrogen and oxygen atoms in total. The van der Waals surface area contributed by atoms with Crippen LogP contribution in [0, 0.1) is 7.14 Å². The third-order valence-electron chi connectivity index (χ3n) is 2.55. The Kier molecular flexibility index (Phi) is 5.28. The summed E-state index contributed by atoms with van der Waals surface area (Å²) in [7, 11) is 0. The quantitative estimate of drug-likeness (QED) is 0.653. The molecule has 0 saturated heterocycles. The van der Waals surface area contributed by atoms with Crippen LogP contribution >= 0.6 is 45.2 Å².